The van der Waals surface area contributed by atoms with Gasteiger partial charge in [0.2, 0.25) is 5.91 Å². The molecule has 2 nitrogen and oxygen atoms in total. The van der Waals surface area contributed by atoms with Crippen LogP contribution in [0.15, 0.2) is 0 Å². The van der Waals surface area contributed by atoms with E-state index in [1.54, 1.807) is 0 Å². The van der Waals surface area contributed by atoms with Crippen LogP contribution in [-0.4, -0.2) is 29.8 Å². The molecule has 0 radical (unpaired) electrons. The van der Waals surface area contributed by atoms with E-state index >= 15 is 0 Å². The topological polar surface area (TPSA) is 20.3 Å². The number of halogens is 2. The first-order chi connectivity index (χ1) is 7.89. The summed E-state index contributed by atoms with van der Waals surface area (Å²) in [7, 11) is 0. The smallest absolute Gasteiger partial charge is 0.282 e. The highest BCUT2D eigenvalue weighted by Crippen LogP contribution is 2.36. The molecule has 2 aliphatic rings. The molecule has 2 rings (SSSR count). The summed E-state index contributed by atoms with van der Waals surface area (Å²) in [6.07, 6.45) is 3.89. The summed E-state index contributed by atoms with van der Waals surface area (Å²) in [6.45, 7) is 3.69. The number of hydrogen-bond donors (Lipinski definition) is 0. The third-order valence-electron chi connectivity index (χ3n) is 4.22. The molecule has 98 valence electrons. The number of carbonyl (C=O) groups excluding carboxylic acids is 1. The highest BCUT2D eigenvalue weighted by molar-refractivity contribution is 5.80. The average molecular weight is 245 g/mol. The van der Waals surface area contributed by atoms with Crippen molar-refractivity contribution in [3.63, 3.8) is 0 Å². The fourth-order valence-corrected chi connectivity index (χ4v) is 2.96. The Morgan fingerprint density at radius 1 is 1.18 bits per heavy atom. The van der Waals surface area contributed by atoms with Crippen molar-refractivity contribution in [3.05, 3.63) is 0 Å². The molecule has 0 aromatic carbocycles. The Hall–Kier alpha value is -0.670. The Bertz CT molecular complexity index is 288. The summed E-state index contributed by atoms with van der Waals surface area (Å²) in [5.41, 5.74) is 0. The van der Waals surface area contributed by atoms with Gasteiger partial charge in [-0.05, 0) is 37.5 Å². The minimum Gasteiger partial charge on any atom is -0.330 e. The van der Waals surface area contributed by atoms with E-state index < -0.39 is 5.92 Å². The normalized spacial score (nSPS) is 32.4. The Kier molecular flexibility index (Phi) is 3.41. The highest BCUT2D eigenvalue weighted by atomic mass is 19.3. The maximum Gasteiger partial charge on any atom is 0.282 e. The van der Waals surface area contributed by atoms with Gasteiger partial charge in [0, 0.05) is 5.92 Å². The average Bonchev–Trinajstić information content (AvgIpc) is 2.25. The zero-order chi connectivity index (χ0) is 12.6. The van der Waals surface area contributed by atoms with Crippen LogP contribution < -0.4 is 0 Å². The minimum absolute atomic E-state index is 0.00102. The van der Waals surface area contributed by atoms with Crippen molar-refractivity contribution in [2.45, 2.75) is 45.5 Å². The molecule has 2 fully saturated rings. The number of alkyl halides is 2. The maximum absolute atomic E-state index is 12.7. The van der Waals surface area contributed by atoms with Crippen molar-refractivity contribution in [1.29, 1.82) is 0 Å². The van der Waals surface area contributed by atoms with Crippen LogP contribution in [0.4, 0.5) is 8.78 Å². The lowest BCUT2D eigenvalue weighted by Crippen LogP contribution is -2.59. The van der Waals surface area contributed by atoms with Gasteiger partial charge in [-0.25, -0.2) is 8.78 Å². The minimum atomic E-state index is -2.63. The molecule has 1 aliphatic carbocycles. The molecule has 0 unspecified atom stereocenters. The van der Waals surface area contributed by atoms with Gasteiger partial charge in [0.25, 0.3) is 5.92 Å². The highest BCUT2D eigenvalue weighted by Gasteiger charge is 2.47. The molecular weight excluding hydrogens is 224 g/mol. The largest absolute Gasteiger partial charge is 0.330 e. The van der Waals surface area contributed by atoms with Crippen molar-refractivity contribution in [1.82, 2.24) is 4.90 Å². The molecule has 4 heteroatoms. The van der Waals surface area contributed by atoms with Gasteiger partial charge >= 0.3 is 0 Å². The van der Waals surface area contributed by atoms with Crippen molar-refractivity contribution < 1.29 is 13.6 Å². The SMILES string of the molecule is CC(C)C1CCC(C(=O)N2CC(F)(F)C2)CC1. The van der Waals surface area contributed by atoms with Gasteiger partial charge in [0.1, 0.15) is 0 Å². The summed E-state index contributed by atoms with van der Waals surface area (Å²) in [5, 5.41) is 0. The Morgan fingerprint density at radius 2 is 1.71 bits per heavy atom. The number of likely N-dealkylation sites (tertiary alicyclic amines) is 1. The lowest BCUT2D eigenvalue weighted by molar-refractivity contribution is -0.170. The van der Waals surface area contributed by atoms with Crippen molar-refractivity contribution >= 4 is 5.91 Å². The Balaban J connectivity index is 1.79. The van der Waals surface area contributed by atoms with Crippen LogP contribution in [0.25, 0.3) is 0 Å². The third-order valence-corrected chi connectivity index (χ3v) is 4.22. The molecule has 1 saturated carbocycles. The van der Waals surface area contributed by atoms with E-state index in [0.29, 0.717) is 11.8 Å². The van der Waals surface area contributed by atoms with Crippen molar-refractivity contribution in [2.75, 3.05) is 13.1 Å². The quantitative estimate of drug-likeness (QED) is 0.732. The lowest BCUT2D eigenvalue weighted by atomic mass is 9.76. The van der Waals surface area contributed by atoms with Crippen LogP contribution in [0.3, 0.4) is 0 Å². The molecule has 1 saturated heterocycles. The van der Waals surface area contributed by atoms with E-state index in [4.69, 9.17) is 0 Å². The molecule has 17 heavy (non-hydrogen) atoms. The van der Waals surface area contributed by atoms with Gasteiger partial charge in [-0.15, -0.1) is 0 Å². The first kappa shape index (κ1) is 12.8. The molecule has 0 atom stereocenters. The van der Waals surface area contributed by atoms with Gasteiger partial charge in [-0.2, -0.15) is 0 Å². The fraction of sp³-hybridized carbons (Fsp3) is 0.923. The van der Waals surface area contributed by atoms with E-state index in [2.05, 4.69) is 13.8 Å². The predicted octanol–water partition coefficient (Wildman–Crippen LogP) is 2.93. The first-order valence-electron chi connectivity index (χ1n) is 6.55. The molecule has 0 spiro atoms. The first-order valence-corrected chi connectivity index (χ1v) is 6.55. The molecule has 0 aromatic rings. The van der Waals surface area contributed by atoms with Crippen molar-refractivity contribution in [3.8, 4) is 0 Å². The van der Waals surface area contributed by atoms with E-state index in [1.807, 2.05) is 0 Å². The monoisotopic (exact) mass is 245 g/mol. The van der Waals surface area contributed by atoms with E-state index in [-0.39, 0.29) is 24.9 Å². The van der Waals surface area contributed by atoms with Gasteiger partial charge in [-0.1, -0.05) is 13.8 Å². The van der Waals surface area contributed by atoms with E-state index in [9.17, 15) is 13.6 Å². The zero-order valence-electron chi connectivity index (χ0n) is 10.6. The van der Waals surface area contributed by atoms with Gasteiger partial charge in [0.15, 0.2) is 0 Å². The molecule has 0 aromatic heterocycles. The molecule has 1 aliphatic heterocycles. The number of hydrogen-bond acceptors (Lipinski definition) is 1. The van der Waals surface area contributed by atoms with Crippen LogP contribution >= 0.6 is 0 Å². The van der Waals surface area contributed by atoms with Crippen LogP contribution in [0.1, 0.15) is 39.5 Å². The van der Waals surface area contributed by atoms with Crippen molar-refractivity contribution in [2.24, 2.45) is 17.8 Å². The lowest BCUT2D eigenvalue weighted by Gasteiger charge is -2.42. The molecule has 0 bridgehead atoms. The predicted molar refractivity (Wildman–Crippen MR) is 61.8 cm³/mol. The summed E-state index contributed by atoms with van der Waals surface area (Å²) < 4.78 is 25.4. The summed E-state index contributed by atoms with van der Waals surface area (Å²) >= 11 is 0. The summed E-state index contributed by atoms with van der Waals surface area (Å²) in [5.74, 6) is -1.30. The van der Waals surface area contributed by atoms with Crippen LogP contribution in [0.5, 0.6) is 0 Å². The molecular formula is C13H21F2NO. The standard InChI is InChI=1S/C13H21F2NO/c1-9(2)10-3-5-11(6-4-10)12(17)16-7-13(14,15)8-16/h9-11H,3-8H2,1-2H3. The van der Waals surface area contributed by atoms with E-state index in [0.717, 1.165) is 25.7 Å². The maximum atomic E-state index is 12.7. The Labute approximate surface area is 101 Å². The molecule has 1 heterocycles. The second-order valence-electron chi connectivity index (χ2n) is 5.91. The zero-order valence-corrected chi connectivity index (χ0v) is 10.6. The summed E-state index contributed by atoms with van der Waals surface area (Å²) in [6, 6.07) is 0. The fourth-order valence-electron chi connectivity index (χ4n) is 2.96. The summed E-state index contributed by atoms with van der Waals surface area (Å²) in [4.78, 5) is 13.3. The second-order valence-corrected chi connectivity index (χ2v) is 5.91. The number of nitrogens with zero attached hydrogens (tertiary/aromatic N) is 1. The van der Waals surface area contributed by atoms with Gasteiger partial charge < -0.3 is 4.90 Å². The van der Waals surface area contributed by atoms with Crippen LogP contribution in [0.2, 0.25) is 0 Å². The van der Waals surface area contributed by atoms with Crippen LogP contribution in [0, 0.1) is 17.8 Å². The second kappa shape index (κ2) is 4.54. The van der Waals surface area contributed by atoms with Gasteiger partial charge in [-0.3, -0.25) is 4.79 Å². The molecule has 1 amide bonds. The number of rotatable bonds is 2. The molecule has 0 N–H and O–H groups in total. The van der Waals surface area contributed by atoms with Crippen LogP contribution in [-0.2, 0) is 4.79 Å². The number of amides is 1. The third kappa shape index (κ3) is 2.78. The Morgan fingerprint density at radius 3 is 2.12 bits per heavy atom. The van der Waals surface area contributed by atoms with E-state index in [1.165, 1.54) is 4.90 Å². The number of carbonyl (C=O) groups is 1. The van der Waals surface area contributed by atoms with Gasteiger partial charge in [0.05, 0.1) is 13.1 Å².